The van der Waals surface area contributed by atoms with Gasteiger partial charge in [-0.2, -0.15) is 0 Å². The summed E-state index contributed by atoms with van der Waals surface area (Å²) in [5.41, 5.74) is 1.09. The number of hydrogen-bond donors (Lipinski definition) is 1. The van der Waals surface area contributed by atoms with E-state index in [0.717, 1.165) is 30.7 Å². The SMILES string of the molecule is CCC(CC)N(CCO)Cc1cc(Cl)c2c(c1)OCCO2. The maximum absolute atomic E-state index is 9.29. The number of nitrogens with zero attached hydrogens (tertiary/aromatic N) is 1. The van der Waals surface area contributed by atoms with Crippen molar-refractivity contribution in [3.8, 4) is 11.5 Å². The van der Waals surface area contributed by atoms with Gasteiger partial charge >= 0.3 is 0 Å². The van der Waals surface area contributed by atoms with Crippen LogP contribution in [0.25, 0.3) is 0 Å². The van der Waals surface area contributed by atoms with E-state index in [9.17, 15) is 5.11 Å². The van der Waals surface area contributed by atoms with Crippen molar-refractivity contribution in [2.75, 3.05) is 26.4 Å². The third kappa shape index (κ3) is 4.02. The number of aliphatic hydroxyl groups excluding tert-OH is 1. The van der Waals surface area contributed by atoms with Crippen LogP contribution in [0.4, 0.5) is 0 Å². The molecule has 118 valence electrons. The summed E-state index contributed by atoms with van der Waals surface area (Å²) in [5.74, 6) is 1.36. The smallest absolute Gasteiger partial charge is 0.179 e. The van der Waals surface area contributed by atoms with Crippen LogP contribution in [0, 0.1) is 0 Å². The lowest BCUT2D eigenvalue weighted by Crippen LogP contribution is -2.36. The van der Waals surface area contributed by atoms with Crippen molar-refractivity contribution in [2.24, 2.45) is 0 Å². The lowest BCUT2D eigenvalue weighted by atomic mass is 10.1. The van der Waals surface area contributed by atoms with Crippen molar-refractivity contribution in [3.63, 3.8) is 0 Å². The number of halogens is 1. The number of fused-ring (bicyclic) bond motifs is 1. The Hall–Kier alpha value is -0.970. The maximum Gasteiger partial charge on any atom is 0.179 e. The first-order valence-electron chi connectivity index (χ1n) is 7.62. The molecule has 1 heterocycles. The Bertz CT molecular complexity index is 463. The van der Waals surface area contributed by atoms with E-state index >= 15 is 0 Å². The first-order chi connectivity index (χ1) is 10.2. The van der Waals surface area contributed by atoms with Gasteiger partial charge < -0.3 is 14.6 Å². The molecule has 0 bridgehead atoms. The van der Waals surface area contributed by atoms with E-state index in [2.05, 4.69) is 18.7 Å². The molecule has 0 radical (unpaired) electrons. The van der Waals surface area contributed by atoms with Crippen LogP contribution < -0.4 is 9.47 Å². The molecule has 1 N–H and O–H groups in total. The summed E-state index contributed by atoms with van der Waals surface area (Å²) < 4.78 is 11.2. The van der Waals surface area contributed by atoms with Crippen LogP contribution in [0.2, 0.25) is 5.02 Å². The molecular formula is C16H24ClNO3. The van der Waals surface area contributed by atoms with E-state index in [-0.39, 0.29) is 6.61 Å². The van der Waals surface area contributed by atoms with Crippen molar-refractivity contribution in [3.05, 3.63) is 22.7 Å². The second-order valence-electron chi connectivity index (χ2n) is 5.27. The van der Waals surface area contributed by atoms with E-state index in [1.807, 2.05) is 12.1 Å². The highest BCUT2D eigenvalue weighted by molar-refractivity contribution is 6.32. The van der Waals surface area contributed by atoms with Crippen LogP contribution in [0.3, 0.4) is 0 Å². The topological polar surface area (TPSA) is 41.9 Å². The van der Waals surface area contributed by atoms with Crippen LogP contribution in [0.15, 0.2) is 12.1 Å². The van der Waals surface area contributed by atoms with Gasteiger partial charge in [0.25, 0.3) is 0 Å². The minimum atomic E-state index is 0.161. The second-order valence-corrected chi connectivity index (χ2v) is 5.67. The Morgan fingerprint density at radius 2 is 1.95 bits per heavy atom. The Balaban J connectivity index is 2.18. The van der Waals surface area contributed by atoms with Crippen molar-refractivity contribution in [1.29, 1.82) is 0 Å². The first kappa shape index (κ1) is 16.4. The largest absolute Gasteiger partial charge is 0.486 e. The number of ether oxygens (including phenoxy) is 2. The summed E-state index contributed by atoms with van der Waals surface area (Å²) in [4.78, 5) is 2.29. The van der Waals surface area contributed by atoms with Gasteiger partial charge in [0.05, 0.1) is 11.6 Å². The average molecular weight is 314 g/mol. The molecule has 2 rings (SSSR count). The van der Waals surface area contributed by atoms with Gasteiger partial charge in [-0.15, -0.1) is 0 Å². The number of benzene rings is 1. The summed E-state index contributed by atoms with van der Waals surface area (Å²) in [6.07, 6.45) is 2.13. The standard InChI is InChI=1S/C16H24ClNO3/c1-3-13(4-2)18(5-6-19)11-12-9-14(17)16-15(10-12)20-7-8-21-16/h9-10,13,19H,3-8,11H2,1-2H3. The van der Waals surface area contributed by atoms with Crippen LogP contribution in [-0.2, 0) is 6.54 Å². The molecule has 5 heteroatoms. The highest BCUT2D eigenvalue weighted by Gasteiger charge is 2.19. The van der Waals surface area contributed by atoms with E-state index in [1.165, 1.54) is 0 Å². The Labute approximate surface area is 131 Å². The fourth-order valence-corrected chi connectivity index (χ4v) is 3.10. The average Bonchev–Trinajstić information content (AvgIpc) is 2.49. The molecule has 1 aromatic rings. The molecule has 1 aliphatic heterocycles. The van der Waals surface area contributed by atoms with E-state index in [1.54, 1.807) is 0 Å². The Morgan fingerprint density at radius 3 is 2.62 bits per heavy atom. The van der Waals surface area contributed by atoms with Gasteiger partial charge in [0.2, 0.25) is 0 Å². The third-order valence-corrected chi connectivity index (χ3v) is 4.17. The molecule has 21 heavy (non-hydrogen) atoms. The minimum absolute atomic E-state index is 0.161. The quantitative estimate of drug-likeness (QED) is 0.840. The van der Waals surface area contributed by atoms with E-state index in [4.69, 9.17) is 21.1 Å². The summed E-state index contributed by atoms with van der Waals surface area (Å²) >= 11 is 6.28. The first-order valence-corrected chi connectivity index (χ1v) is 8.00. The summed E-state index contributed by atoms with van der Waals surface area (Å²) in [6, 6.07) is 4.39. The van der Waals surface area contributed by atoms with Crippen molar-refractivity contribution < 1.29 is 14.6 Å². The molecule has 0 fully saturated rings. The molecule has 0 spiro atoms. The van der Waals surface area contributed by atoms with Crippen LogP contribution in [-0.4, -0.2) is 42.4 Å². The van der Waals surface area contributed by atoms with Crippen LogP contribution >= 0.6 is 11.6 Å². The van der Waals surface area contributed by atoms with Gasteiger partial charge in [-0.3, -0.25) is 4.90 Å². The van der Waals surface area contributed by atoms with Gasteiger partial charge in [0.15, 0.2) is 11.5 Å². The minimum Gasteiger partial charge on any atom is -0.486 e. The van der Waals surface area contributed by atoms with E-state index in [0.29, 0.717) is 36.6 Å². The highest BCUT2D eigenvalue weighted by atomic mass is 35.5. The van der Waals surface area contributed by atoms with Crippen LogP contribution in [0.1, 0.15) is 32.3 Å². The van der Waals surface area contributed by atoms with Gasteiger partial charge in [-0.1, -0.05) is 25.4 Å². The predicted octanol–water partition coefficient (Wildman–Crippen LogP) is 3.09. The monoisotopic (exact) mass is 313 g/mol. The summed E-state index contributed by atoms with van der Waals surface area (Å²) in [6.45, 7) is 7.03. The molecule has 0 aromatic heterocycles. The zero-order chi connectivity index (χ0) is 15.2. The summed E-state index contributed by atoms with van der Waals surface area (Å²) in [5, 5.41) is 9.88. The van der Waals surface area contributed by atoms with Crippen molar-refractivity contribution in [2.45, 2.75) is 39.3 Å². The predicted molar refractivity (Wildman–Crippen MR) is 84.3 cm³/mol. The maximum atomic E-state index is 9.29. The molecule has 0 saturated carbocycles. The molecule has 0 unspecified atom stereocenters. The molecule has 0 saturated heterocycles. The van der Waals surface area contributed by atoms with Crippen molar-refractivity contribution in [1.82, 2.24) is 4.90 Å². The highest BCUT2D eigenvalue weighted by Crippen LogP contribution is 2.38. The van der Waals surface area contributed by atoms with Crippen molar-refractivity contribution >= 4 is 11.6 Å². The number of hydrogen-bond acceptors (Lipinski definition) is 4. The lowest BCUT2D eigenvalue weighted by molar-refractivity contribution is 0.136. The normalized spacial score (nSPS) is 14.0. The van der Waals surface area contributed by atoms with E-state index < -0.39 is 0 Å². The Kier molecular flexibility index (Phi) is 6.15. The zero-order valence-electron chi connectivity index (χ0n) is 12.8. The lowest BCUT2D eigenvalue weighted by Gasteiger charge is -2.30. The van der Waals surface area contributed by atoms with Gasteiger partial charge in [-0.05, 0) is 30.5 Å². The molecule has 0 amide bonds. The summed E-state index contributed by atoms with van der Waals surface area (Å²) in [7, 11) is 0. The fraction of sp³-hybridized carbons (Fsp3) is 0.625. The number of aliphatic hydroxyl groups is 1. The fourth-order valence-electron chi connectivity index (χ4n) is 2.81. The molecule has 1 aromatic carbocycles. The number of rotatable bonds is 7. The molecule has 4 nitrogen and oxygen atoms in total. The molecule has 1 aliphatic rings. The van der Waals surface area contributed by atoms with Crippen LogP contribution in [0.5, 0.6) is 11.5 Å². The second kappa shape index (κ2) is 7.87. The molecular weight excluding hydrogens is 290 g/mol. The van der Waals surface area contributed by atoms with Gasteiger partial charge in [-0.25, -0.2) is 0 Å². The third-order valence-electron chi connectivity index (χ3n) is 3.89. The molecule has 0 atom stereocenters. The van der Waals surface area contributed by atoms with Gasteiger partial charge in [0.1, 0.15) is 13.2 Å². The van der Waals surface area contributed by atoms with Gasteiger partial charge in [0, 0.05) is 19.1 Å². The molecule has 0 aliphatic carbocycles. The zero-order valence-corrected chi connectivity index (χ0v) is 13.5. The Morgan fingerprint density at radius 1 is 1.24 bits per heavy atom.